The lowest BCUT2D eigenvalue weighted by molar-refractivity contribution is 0.0594. The molecule has 0 aliphatic heterocycles. The first kappa shape index (κ1) is 12.0. The number of nitrogen functional groups attached to an aromatic ring is 1. The molecule has 1 aromatic carbocycles. The van der Waals surface area contributed by atoms with Gasteiger partial charge in [-0.05, 0) is 17.7 Å². The fourth-order valence-electron chi connectivity index (χ4n) is 1.53. The molecule has 1 aromatic heterocycles. The van der Waals surface area contributed by atoms with E-state index in [9.17, 15) is 13.6 Å². The van der Waals surface area contributed by atoms with Crippen molar-refractivity contribution >= 4 is 11.8 Å². The van der Waals surface area contributed by atoms with Crippen LogP contribution in [0.5, 0.6) is 0 Å². The number of halogens is 2. The number of carbonyl (C=O) groups excluding carboxylic acids is 1. The van der Waals surface area contributed by atoms with E-state index in [1.165, 1.54) is 6.20 Å². The zero-order valence-corrected chi connectivity index (χ0v) is 9.33. The largest absolute Gasteiger partial charge is 0.465 e. The topological polar surface area (TPSA) is 81.0 Å². The van der Waals surface area contributed by atoms with Crippen LogP contribution in [0.2, 0.25) is 0 Å². The van der Waals surface area contributed by atoms with Crippen LogP contribution in [-0.2, 0) is 4.74 Å². The average molecular weight is 253 g/mol. The van der Waals surface area contributed by atoms with Crippen LogP contribution >= 0.6 is 0 Å². The maximum atomic E-state index is 13.4. The van der Waals surface area contributed by atoms with E-state index in [0.717, 1.165) is 19.2 Å². The molecule has 0 spiro atoms. The molecule has 5 nitrogen and oxygen atoms in total. The van der Waals surface area contributed by atoms with Crippen molar-refractivity contribution in [1.82, 2.24) is 10.2 Å². The smallest absolute Gasteiger partial charge is 0.340 e. The van der Waals surface area contributed by atoms with E-state index >= 15 is 0 Å². The van der Waals surface area contributed by atoms with Crippen molar-refractivity contribution in [3.8, 4) is 11.1 Å². The zero-order valence-electron chi connectivity index (χ0n) is 9.33. The lowest BCUT2D eigenvalue weighted by atomic mass is 10.0. The summed E-state index contributed by atoms with van der Waals surface area (Å²) in [5.74, 6) is -3.19. The van der Waals surface area contributed by atoms with Gasteiger partial charge in [0.15, 0.2) is 11.6 Å². The van der Waals surface area contributed by atoms with Gasteiger partial charge in [-0.2, -0.15) is 5.10 Å². The van der Waals surface area contributed by atoms with Crippen LogP contribution in [-0.4, -0.2) is 23.3 Å². The highest BCUT2D eigenvalue weighted by molar-refractivity contribution is 5.92. The molecule has 0 bridgehead atoms. The minimum absolute atomic E-state index is 0.192. The highest BCUT2D eigenvalue weighted by Gasteiger charge is 2.19. The Kier molecular flexibility index (Phi) is 2.97. The lowest BCUT2D eigenvalue weighted by Gasteiger charge is -2.06. The van der Waals surface area contributed by atoms with E-state index in [2.05, 4.69) is 14.9 Å². The average Bonchev–Trinajstić information content (AvgIpc) is 2.78. The summed E-state index contributed by atoms with van der Waals surface area (Å²) in [4.78, 5) is 11.3. The van der Waals surface area contributed by atoms with Gasteiger partial charge in [-0.15, -0.1) is 0 Å². The lowest BCUT2D eigenvalue weighted by Crippen LogP contribution is -2.06. The number of carbonyl (C=O) groups is 1. The van der Waals surface area contributed by atoms with Crippen LogP contribution in [0.4, 0.5) is 14.6 Å². The van der Waals surface area contributed by atoms with Gasteiger partial charge in [-0.1, -0.05) is 0 Å². The molecule has 0 aliphatic rings. The molecule has 0 amide bonds. The second-order valence-corrected chi connectivity index (χ2v) is 3.51. The highest BCUT2D eigenvalue weighted by Crippen LogP contribution is 2.27. The predicted octanol–water partition coefficient (Wildman–Crippen LogP) is 1.72. The summed E-state index contributed by atoms with van der Waals surface area (Å²) in [6, 6.07) is 2.09. The van der Waals surface area contributed by atoms with Gasteiger partial charge < -0.3 is 10.5 Å². The SMILES string of the molecule is COC(=O)c1cc(-c2cn[nH]c2N)cc(F)c1F. The van der Waals surface area contributed by atoms with Crippen LogP contribution in [0, 0.1) is 11.6 Å². The van der Waals surface area contributed by atoms with E-state index in [1.807, 2.05) is 0 Å². The summed E-state index contributed by atoms with van der Waals surface area (Å²) in [5, 5.41) is 6.12. The number of ether oxygens (including phenoxy) is 1. The maximum Gasteiger partial charge on any atom is 0.340 e. The van der Waals surface area contributed by atoms with Crippen LogP contribution in [0.15, 0.2) is 18.3 Å². The number of aromatic amines is 1. The van der Waals surface area contributed by atoms with Crippen LogP contribution in [0.1, 0.15) is 10.4 Å². The number of hydrogen-bond donors (Lipinski definition) is 2. The van der Waals surface area contributed by atoms with Gasteiger partial charge in [0.05, 0.1) is 18.9 Å². The first-order chi connectivity index (χ1) is 8.54. The summed E-state index contributed by atoms with van der Waals surface area (Å²) in [6.45, 7) is 0. The molecular formula is C11H9F2N3O2. The zero-order chi connectivity index (χ0) is 13.3. The van der Waals surface area contributed by atoms with Gasteiger partial charge >= 0.3 is 5.97 Å². The van der Waals surface area contributed by atoms with Gasteiger partial charge in [0.2, 0.25) is 0 Å². The standard InChI is InChI=1S/C11H9F2N3O2/c1-18-11(17)6-2-5(3-8(12)9(6)13)7-4-15-16-10(7)14/h2-4H,1H3,(H3,14,15,16). The van der Waals surface area contributed by atoms with Gasteiger partial charge in [0, 0.05) is 5.56 Å². The predicted molar refractivity (Wildman–Crippen MR) is 59.7 cm³/mol. The maximum absolute atomic E-state index is 13.4. The third-order valence-corrected chi connectivity index (χ3v) is 2.41. The summed E-state index contributed by atoms with van der Waals surface area (Å²) >= 11 is 0. The third kappa shape index (κ3) is 1.90. The van der Waals surface area contributed by atoms with E-state index in [-0.39, 0.29) is 11.4 Å². The van der Waals surface area contributed by atoms with Crippen LogP contribution in [0.25, 0.3) is 11.1 Å². The van der Waals surface area contributed by atoms with Crippen molar-refractivity contribution < 1.29 is 18.3 Å². The number of nitrogens with one attached hydrogen (secondary N) is 1. The summed E-state index contributed by atoms with van der Waals surface area (Å²) in [6.07, 6.45) is 1.35. The van der Waals surface area contributed by atoms with E-state index in [1.54, 1.807) is 0 Å². The fourth-order valence-corrected chi connectivity index (χ4v) is 1.53. The molecule has 94 valence electrons. The quantitative estimate of drug-likeness (QED) is 0.798. The van der Waals surface area contributed by atoms with Crippen molar-refractivity contribution in [2.45, 2.75) is 0 Å². The Labute approximate surface area is 101 Å². The van der Waals surface area contributed by atoms with Crippen molar-refractivity contribution in [2.75, 3.05) is 12.8 Å². The molecule has 0 saturated heterocycles. The number of rotatable bonds is 2. The second kappa shape index (κ2) is 4.44. The Balaban J connectivity index is 2.61. The number of esters is 1. The molecule has 7 heteroatoms. The number of H-pyrrole nitrogens is 1. The number of nitrogens with two attached hydrogens (primary N) is 1. The number of benzene rings is 1. The Morgan fingerprint density at radius 3 is 2.72 bits per heavy atom. The molecule has 18 heavy (non-hydrogen) atoms. The Morgan fingerprint density at radius 2 is 2.17 bits per heavy atom. The Bertz CT molecular complexity index is 610. The number of methoxy groups -OCH3 is 1. The number of hydrogen-bond acceptors (Lipinski definition) is 4. The van der Waals surface area contributed by atoms with Gasteiger partial charge in [0.1, 0.15) is 5.82 Å². The number of nitrogens with zero attached hydrogens (tertiary/aromatic N) is 1. The van der Waals surface area contributed by atoms with E-state index < -0.39 is 23.2 Å². The van der Waals surface area contributed by atoms with Crippen molar-refractivity contribution in [2.24, 2.45) is 0 Å². The summed E-state index contributed by atoms with van der Waals surface area (Å²) in [7, 11) is 1.08. The molecule has 0 atom stereocenters. The van der Waals surface area contributed by atoms with Crippen molar-refractivity contribution in [3.05, 3.63) is 35.5 Å². The summed E-state index contributed by atoms with van der Waals surface area (Å²) in [5.41, 5.74) is 5.69. The van der Waals surface area contributed by atoms with Crippen LogP contribution < -0.4 is 5.73 Å². The van der Waals surface area contributed by atoms with Gasteiger partial charge in [0.25, 0.3) is 0 Å². The van der Waals surface area contributed by atoms with E-state index in [0.29, 0.717) is 5.56 Å². The van der Waals surface area contributed by atoms with Gasteiger partial charge in [-0.3, -0.25) is 5.10 Å². The van der Waals surface area contributed by atoms with E-state index in [4.69, 9.17) is 5.73 Å². The van der Waals surface area contributed by atoms with Gasteiger partial charge in [-0.25, -0.2) is 13.6 Å². The normalized spacial score (nSPS) is 10.4. The molecule has 1 heterocycles. The third-order valence-electron chi connectivity index (χ3n) is 2.41. The molecule has 0 fully saturated rings. The molecule has 2 aromatic rings. The Morgan fingerprint density at radius 1 is 1.44 bits per heavy atom. The summed E-state index contributed by atoms with van der Waals surface area (Å²) < 4.78 is 31.2. The fraction of sp³-hybridized carbons (Fsp3) is 0.0909. The minimum atomic E-state index is -1.26. The van der Waals surface area contributed by atoms with Crippen molar-refractivity contribution in [1.29, 1.82) is 0 Å². The highest BCUT2D eigenvalue weighted by atomic mass is 19.2. The molecule has 3 N–H and O–H groups in total. The van der Waals surface area contributed by atoms with Crippen LogP contribution in [0.3, 0.4) is 0 Å². The number of aromatic nitrogens is 2. The first-order valence-corrected chi connectivity index (χ1v) is 4.91. The first-order valence-electron chi connectivity index (χ1n) is 4.91. The molecule has 0 radical (unpaired) electrons. The minimum Gasteiger partial charge on any atom is -0.465 e. The Hall–Kier alpha value is -2.44. The molecule has 2 rings (SSSR count). The number of anilines is 1. The van der Waals surface area contributed by atoms with Crippen molar-refractivity contribution in [3.63, 3.8) is 0 Å². The monoisotopic (exact) mass is 253 g/mol. The molecule has 0 unspecified atom stereocenters. The second-order valence-electron chi connectivity index (χ2n) is 3.51. The molecular weight excluding hydrogens is 244 g/mol. The molecule has 0 saturated carbocycles. The molecule has 0 aliphatic carbocycles.